The molecule has 2 atom stereocenters. The second-order valence-electron chi connectivity index (χ2n) is 5.13. The molecule has 2 aliphatic rings. The summed E-state index contributed by atoms with van der Waals surface area (Å²) >= 11 is 6.28. The molecule has 1 aromatic carbocycles. The van der Waals surface area contributed by atoms with Crippen LogP contribution in [0.4, 0.5) is 4.39 Å². The van der Waals surface area contributed by atoms with Gasteiger partial charge in [0.2, 0.25) is 0 Å². The fourth-order valence-corrected chi connectivity index (χ4v) is 2.87. The molecular weight excluding hydrogens is 239 g/mol. The van der Waals surface area contributed by atoms with Gasteiger partial charge in [0.15, 0.2) is 0 Å². The van der Waals surface area contributed by atoms with Crippen molar-refractivity contribution in [2.45, 2.75) is 43.6 Å². The quantitative estimate of drug-likeness (QED) is 0.740. The Labute approximate surface area is 106 Å². The van der Waals surface area contributed by atoms with Crippen LogP contribution in [0.5, 0.6) is 5.75 Å². The maximum Gasteiger partial charge on any atom is 0.123 e. The summed E-state index contributed by atoms with van der Waals surface area (Å²) in [7, 11) is 0. The molecule has 0 radical (unpaired) electrons. The third-order valence-electron chi connectivity index (χ3n) is 3.66. The van der Waals surface area contributed by atoms with Crippen molar-refractivity contribution >= 4 is 11.6 Å². The molecule has 1 nitrogen and oxygen atoms in total. The van der Waals surface area contributed by atoms with Crippen LogP contribution in [0.3, 0.4) is 0 Å². The molecule has 0 saturated heterocycles. The van der Waals surface area contributed by atoms with E-state index in [0.717, 1.165) is 36.5 Å². The highest BCUT2D eigenvalue weighted by molar-refractivity contribution is 6.20. The molecule has 0 bridgehead atoms. The topological polar surface area (TPSA) is 9.23 Å². The number of hydrogen-bond donors (Lipinski definition) is 0. The summed E-state index contributed by atoms with van der Waals surface area (Å²) in [5, 5.41) is 0.305. The van der Waals surface area contributed by atoms with Gasteiger partial charge in [-0.3, -0.25) is 0 Å². The van der Waals surface area contributed by atoms with E-state index in [0.29, 0.717) is 5.38 Å². The summed E-state index contributed by atoms with van der Waals surface area (Å²) < 4.78 is 18.8. The lowest BCUT2D eigenvalue weighted by Crippen LogP contribution is -2.15. The van der Waals surface area contributed by atoms with E-state index in [-0.39, 0.29) is 11.9 Å². The summed E-state index contributed by atoms with van der Waals surface area (Å²) in [6.07, 6.45) is 5.55. The van der Waals surface area contributed by atoms with Crippen molar-refractivity contribution in [2.75, 3.05) is 0 Å². The Morgan fingerprint density at radius 1 is 1.41 bits per heavy atom. The van der Waals surface area contributed by atoms with Crippen LogP contribution in [0, 0.1) is 11.7 Å². The number of alkyl halides is 1. The zero-order chi connectivity index (χ0) is 11.8. The maximum atomic E-state index is 13.0. The van der Waals surface area contributed by atoms with Crippen molar-refractivity contribution in [3.05, 3.63) is 29.6 Å². The molecule has 0 aromatic heterocycles. The molecule has 3 heteroatoms. The van der Waals surface area contributed by atoms with Crippen LogP contribution in [-0.4, -0.2) is 11.5 Å². The zero-order valence-electron chi connectivity index (χ0n) is 9.66. The fraction of sp³-hybridized carbons (Fsp3) is 0.571. The Morgan fingerprint density at radius 2 is 2.24 bits per heavy atom. The van der Waals surface area contributed by atoms with E-state index < -0.39 is 0 Å². The molecule has 1 aliphatic carbocycles. The molecule has 1 heterocycles. The van der Waals surface area contributed by atoms with Crippen LogP contribution in [0.15, 0.2) is 18.2 Å². The minimum atomic E-state index is -0.179. The normalized spacial score (nSPS) is 24.2. The summed E-state index contributed by atoms with van der Waals surface area (Å²) in [5.74, 6) is 1.40. The van der Waals surface area contributed by atoms with Crippen LogP contribution >= 0.6 is 11.6 Å². The Bertz CT molecular complexity index is 417. The molecule has 0 N–H and O–H groups in total. The van der Waals surface area contributed by atoms with Gasteiger partial charge < -0.3 is 4.74 Å². The summed E-state index contributed by atoms with van der Waals surface area (Å²) in [5.41, 5.74) is 0.993. The average molecular weight is 255 g/mol. The Hall–Kier alpha value is -0.760. The molecule has 3 rings (SSSR count). The highest BCUT2D eigenvalue weighted by Gasteiger charge is 2.31. The van der Waals surface area contributed by atoms with Gasteiger partial charge in [-0.2, -0.15) is 0 Å². The largest absolute Gasteiger partial charge is 0.490 e. The minimum absolute atomic E-state index is 0.179. The van der Waals surface area contributed by atoms with Crippen molar-refractivity contribution in [1.29, 1.82) is 0 Å². The molecule has 1 fully saturated rings. The van der Waals surface area contributed by atoms with Gasteiger partial charge in [-0.1, -0.05) is 0 Å². The number of benzene rings is 1. The van der Waals surface area contributed by atoms with E-state index in [1.54, 1.807) is 12.1 Å². The van der Waals surface area contributed by atoms with Gasteiger partial charge in [0.05, 0.1) is 0 Å². The van der Waals surface area contributed by atoms with Crippen LogP contribution in [0.2, 0.25) is 0 Å². The first-order chi connectivity index (χ1) is 8.22. The number of hydrogen-bond acceptors (Lipinski definition) is 1. The minimum Gasteiger partial charge on any atom is -0.490 e. The first-order valence-electron chi connectivity index (χ1n) is 6.31. The van der Waals surface area contributed by atoms with Crippen molar-refractivity contribution < 1.29 is 9.13 Å². The van der Waals surface area contributed by atoms with Crippen molar-refractivity contribution in [3.8, 4) is 5.75 Å². The number of fused-ring (bicyclic) bond motifs is 1. The van der Waals surface area contributed by atoms with Gasteiger partial charge in [-0.25, -0.2) is 4.39 Å². The first-order valence-corrected chi connectivity index (χ1v) is 6.75. The molecular formula is C14H16ClFO. The van der Waals surface area contributed by atoms with Crippen molar-refractivity contribution in [3.63, 3.8) is 0 Å². The van der Waals surface area contributed by atoms with E-state index in [4.69, 9.17) is 16.3 Å². The molecule has 92 valence electrons. The summed E-state index contributed by atoms with van der Waals surface area (Å²) in [6, 6.07) is 4.76. The van der Waals surface area contributed by atoms with Crippen LogP contribution in [0.1, 0.15) is 31.2 Å². The predicted molar refractivity (Wildman–Crippen MR) is 66.1 cm³/mol. The third-order valence-corrected chi connectivity index (χ3v) is 4.24. The monoisotopic (exact) mass is 254 g/mol. The number of rotatable bonds is 4. The van der Waals surface area contributed by atoms with E-state index in [2.05, 4.69) is 0 Å². The number of halogens is 2. The van der Waals surface area contributed by atoms with Crippen LogP contribution in [0.25, 0.3) is 0 Å². The Kier molecular flexibility index (Phi) is 2.99. The second-order valence-corrected chi connectivity index (χ2v) is 5.69. The van der Waals surface area contributed by atoms with E-state index in [1.807, 2.05) is 0 Å². The SMILES string of the molecule is Fc1ccc2c(c1)CC(CCC(Cl)C1CC1)O2. The van der Waals surface area contributed by atoms with Gasteiger partial charge in [-0.05, 0) is 49.8 Å². The highest BCUT2D eigenvalue weighted by atomic mass is 35.5. The maximum absolute atomic E-state index is 13.0. The molecule has 2 unspecified atom stereocenters. The van der Waals surface area contributed by atoms with Gasteiger partial charge in [0, 0.05) is 17.4 Å². The van der Waals surface area contributed by atoms with E-state index in [9.17, 15) is 4.39 Å². The Morgan fingerprint density at radius 3 is 3.00 bits per heavy atom. The van der Waals surface area contributed by atoms with Crippen molar-refractivity contribution in [2.24, 2.45) is 5.92 Å². The third kappa shape index (κ3) is 2.57. The van der Waals surface area contributed by atoms with Gasteiger partial charge in [0.25, 0.3) is 0 Å². The van der Waals surface area contributed by atoms with E-state index >= 15 is 0 Å². The van der Waals surface area contributed by atoms with Crippen molar-refractivity contribution in [1.82, 2.24) is 0 Å². The van der Waals surface area contributed by atoms with Gasteiger partial charge in [-0.15, -0.1) is 11.6 Å². The smallest absolute Gasteiger partial charge is 0.123 e. The number of ether oxygens (including phenoxy) is 1. The molecule has 0 amide bonds. The molecule has 1 aliphatic heterocycles. The molecule has 0 spiro atoms. The summed E-state index contributed by atoms with van der Waals surface area (Å²) in [6.45, 7) is 0. The van der Waals surface area contributed by atoms with Gasteiger partial charge in [0.1, 0.15) is 17.7 Å². The highest BCUT2D eigenvalue weighted by Crippen LogP contribution is 2.39. The molecule has 1 aromatic rings. The standard InChI is InChI=1S/C14H16ClFO/c15-13(9-1-2-9)5-4-12-8-10-7-11(16)3-6-14(10)17-12/h3,6-7,9,12-13H,1-2,4-5,8H2. The fourth-order valence-electron chi connectivity index (χ4n) is 2.49. The molecule has 17 heavy (non-hydrogen) atoms. The Balaban J connectivity index is 1.54. The van der Waals surface area contributed by atoms with E-state index in [1.165, 1.54) is 18.9 Å². The lowest BCUT2D eigenvalue weighted by molar-refractivity contribution is 0.216. The average Bonchev–Trinajstić information content (AvgIpc) is 3.07. The first kappa shape index (κ1) is 11.3. The summed E-state index contributed by atoms with van der Waals surface area (Å²) in [4.78, 5) is 0. The predicted octanol–water partition coefficient (Wildman–Crippen LogP) is 3.93. The zero-order valence-corrected chi connectivity index (χ0v) is 10.4. The van der Waals surface area contributed by atoms with Gasteiger partial charge >= 0.3 is 0 Å². The van der Waals surface area contributed by atoms with Crippen LogP contribution < -0.4 is 4.74 Å². The second kappa shape index (κ2) is 4.49. The van der Waals surface area contributed by atoms with Crippen LogP contribution in [-0.2, 0) is 6.42 Å². The lowest BCUT2D eigenvalue weighted by atomic mass is 10.0. The lowest BCUT2D eigenvalue weighted by Gasteiger charge is -2.13. The molecule has 1 saturated carbocycles.